The Morgan fingerprint density at radius 2 is 2.00 bits per heavy atom. The molecule has 5 nitrogen and oxygen atoms in total. The number of hydrogen-bond acceptors (Lipinski definition) is 3. The molecule has 22 heavy (non-hydrogen) atoms. The van der Waals surface area contributed by atoms with Crippen LogP contribution in [0.2, 0.25) is 5.02 Å². The van der Waals surface area contributed by atoms with Crippen LogP contribution in [0.4, 0.5) is 10.1 Å². The molecule has 0 unspecified atom stereocenters. The number of halogens is 2. The summed E-state index contributed by atoms with van der Waals surface area (Å²) in [6.45, 7) is 0.233. The Hall–Kier alpha value is -1.66. The lowest BCUT2D eigenvalue weighted by atomic mass is 9.86. The van der Waals surface area contributed by atoms with E-state index in [4.69, 9.17) is 11.6 Å². The molecular formula is C15H18ClFN2O3. The highest BCUT2D eigenvalue weighted by molar-refractivity contribution is 6.39. The van der Waals surface area contributed by atoms with Gasteiger partial charge in [-0.2, -0.15) is 0 Å². The largest absolute Gasteiger partial charge is 0.393 e. The highest BCUT2D eigenvalue weighted by Gasteiger charge is 2.24. The molecule has 7 heteroatoms. The molecule has 1 aliphatic carbocycles. The van der Waals surface area contributed by atoms with Crippen molar-refractivity contribution < 1.29 is 19.1 Å². The topological polar surface area (TPSA) is 78.4 Å². The molecule has 0 bridgehead atoms. The molecule has 0 saturated heterocycles. The van der Waals surface area contributed by atoms with Crippen molar-refractivity contribution in [3.8, 4) is 0 Å². The van der Waals surface area contributed by atoms with Crippen LogP contribution in [0.25, 0.3) is 0 Å². The molecule has 2 atom stereocenters. The van der Waals surface area contributed by atoms with Crippen molar-refractivity contribution in [3.05, 3.63) is 29.0 Å². The third kappa shape index (κ3) is 4.42. The van der Waals surface area contributed by atoms with Gasteiger partial charge in [-0.1, -0.05) is 24.4 Å². The van der Waals surface area contributed by atoms with Crippen molar-refractivity contribution >= 4 is 29.1 Å². The number of anilines is 1. The second-order valence-electron chi connectivity index (χ2n) is 5.40. The van der Waals surface area contributed by atoms with Crippen LogP contribution >= 0.6 is 11.6 Å². The molecule has 120 valence electrons. The number of hydrogen-bond donors (Lipinski definition) is 3. The molecule has 0 aromatic heterocycles. The van der Waals surface area contributed by atoms with Gasteiger partial charge in [-0.25, -0.2) is 4.39 Å². The Kier molecular flexibility index (Phi) is 5.74. The number of amides is 2. The number of benzene rings is 1. The van der Waals surface area contributed by atoms with Gasteiger partial charge in [0.05, 0.1) is 11.8 Å². The standard InChI is InChI=1S/C15H18ClFN2O3/c16-10-5-6-12(11(17)7-10)19-15(22)14(21)18-8-9-3-1-2-4-13(9)20/h5-7,9,13,20H,1-4,8H2,(H,18,21)(H,19,22)/t9-,13+/m0/s1. The lowest BCUT2D eigenvalue weighted by molar-refractivity contribution is -0.136. The molecular weight excluding hydrogens is 311 g/mol. The monoisotopic (exact) mass is 328 g/mol. The number of carbonyl (C=O) groups is 2. The van der Waals surface area contributed by atoms with E-state index in [0.29, 0.717) is 6.42 Å². The van der Waals surface area contributed by atoms with Crippen LogP contribution in [0.3, 0.4) is 0 Å². The molecule has 2 amide bonds. The molecule has 1 fully saturated rings. The summed E-state index contributed by atoms with van der Waals surface area (Å²) in [5.74, 6) is -2.56. The van der Waals surface area contributed by atoms with E-state index < -0.39 is 23.7 Å². The minimum absolute atomic E-state index is 0.0437. The summed E-state index contributed by atoms with van der Waals surface area (Å²) >= 11 is 5.61. The number of aliphatic hydroxyl groups is 1. The highest BCUT2D eigenvalue weighted by atomic mass is 35.5. The summed E-state index contributed by atoms with van der Waals surface area (Å²) in [4.78, 5) is 23.4. The lowest BCUT2D eigenvalue weighted by Gasteiger charge is -2.27. The summed E-state index contributed by atoms with van der Waals surface area (Å²) in [7, 11) is 0. The van der Waals surface area contributed by atoms with E-state index in [2.05, 4.69) is 10.6 Å². The lowest BCUT2D eigenvalue weighted by Crippen LogP contribution is -2.41. The predicted molar refractivity (Wildman–Crippen MR) is 81.0 cm³/mol. The first-order chi connectivity index (χ1) is 10.5. The minimum atomic E-state index is -0.952. The van der Waals surface area contributed by atoms with Gasteiger partial charge >= 0.3 is 11.8 Å². The van der Waals surface area contributed by atoms with Crippen molar-refractivity contribution in [2.45, 2.75) is 31.8 Å². The average molecular weight is 329 g/mol. The molecule has 2 rings (SSSR count). The number of carbonyl (C=O) groups excluding carboxylic acids is 2. The predicted octanol–water partition coefficient (Wildman–Crippen LogP) is 2.08. The molecule has 1 aromatic carbocycles. The maximum Gasteiger partial charge on any atom is 0.313 e. The van der Waals surface area contributed by atoms with Crippen LogP contribution < -0.4 is 10.6 Å². The van der Waals surface area contributed by atoms with Crippen molar-refractivity contribution in [2.75, 3.05) is 11.9 Å². The van der Waals surface area contributed by atoms with Gasteiger partial charge in [0.25, 0.3) is 0 Å². The Morgan fingerprint density at radius 1 is 1.27 bits per heavy atom. The van der Waals surface area contributed by atoms with Crippen molar-refractivity contribution in [1.82, 2.24) is 5.32 Å². The summed E-state index contributed by atoms with van der Waals surface area (Å²) in [5.41, 5.74) is -0.109. The van der Waals surface area contributed by atoms with Gasteiger partial charge in [0, 0.05) is 17.5 Å². The first-order valence-electron chi connectivity index (χ1n) is 7.19. The van der Waals surface area contributed by atoms with Gasteiger partial charge in [0.2, 0.25) is 0 Å². The number of rotatable bonds is 3. The van der Waals surface area contributed by atoms with Crippen LogP contribution in [0.15, 0.2) is 18.2 Å². The van der Waals surface area contributed by atoms with E-state index >= 15 is 0 Å². The fourth-order valence-electron chi connectivity index (χ4n) is 2.50. The van der Waals surface area contributed by atoms with Crippen molar-refractivity contribution in [3.63, 3.8) is 0 Å². The van der Waals surface area contributed by atoms with Gasteiger partial charge in [-0.05, 0) is 31.0 Å². The van der Waals surface area contributed by atoms with Crippen LogP contribution in [0.1, 0.15) is 25.7 Å². The molecule has 0 radical (unpaired) electrons. The number of aliphatic hydroxyl groups excluding tert-OH is 1. The zero-order valence-electron chi connectivity index (χ0n) is 11.9. The van der Waals surface area contributed by atoms with Crippen LogP contribution in [0, 0.1) is 11.7 Å². The first-order valence-corrected chi connectivity index (χ1v) is 7.57. The fourth-order valence-corrected chi connectivity index (χ4v) is 2.66. The van der Waals surface area contributed by atoms with E-state index in [1.54, 1.807) is 0 Å². The SMILES string of the molecule is O=C(NC[C@@H]1CCCC[C@H]1O)C(=O)Nc1ccc(Cl)cc1F. The highest BCUT2D eigenvalue weighted by Crippen LogP contribution is 2.23. The normalized spacial score (nSPS) is 21.2. The quantitative estimate of drug-likeness (QED) is 0.743. The minimum Gasteiger partial charge on any atom is -0.393 e. The van der Waals surface area contributed by atoms with E-state index in [0.717, 1.165) is 25.3 Å². The van der Waals surface area contributed by atoms with E-state index in [-0.39, 0.29) is 23.2 Å². The van der Waals surface area contributed by atoms with E-state index in [1.165, 1.54) is 12.1 Å². The third-order valence-corrected chi connectivity index (χ3v) is 4.01. The van der Waals surface area contributed by atoms with Gasteiger partial charge in [0.1, 0.15) is 5.82 Å². The second-order valence-corrected chi connectivity index (χ2v) is 5.84. The Labute approximate surface area is 132 Å². The van der Waals surface area contributed by atoms with Gasteiger partial charge in [-0.15, -0.1) is 0 Å². The molecule has 0 spiro atoms. The summed E-state index contributed by atoms with van der Waals surface area (Å²) in [6.07, 6.45) is 3.05. The Bertz CT molecular complexity index is 568. The van der Waals surface area contributed by atoms with Crippen molar-refractivity contribution in [2.24, 2.45) is 5.92 Å². The number of nitrogens with one attached hydrogen (secondary N) is 2. The van der Waals surface area contributed by atoms with Crippen molar-refractivity contribution in [1.29, 1.82) is 0 Å². The Balaban J connectivity index is 1.85. The van der Waals surface area contributed by atoms with E-state index in [9.17, 15) is 19.1 Å². The molecule has 0 heterocycles. The zero-order valence-corrected chi connectivity index (χ0v) is 12.7. The van der Waals surface area contributed by atoms with Gasteiger partial charge < -0.3 is 15.7 Å². The maximum atomic E-state index is 13.5. The average Bonchev–Trinajstić information content (AvgIpc) is 2.49. The zero-order chi connectivity index (χ0) is 16.1. The second kappa shape index (κ2) is 7.56. The summed E-state index contributed by atoms with van der Waals surface area (Å²) < 4.78 is 13.5. The van der Waals surface area contributed by atoms with Gasteiger partial charge in [0.15, 0.2) is 0 Å². The van der Waals surface area contributed by atoms with Crippen LogP contribution in [0.5, 0.6) is 0 Å². The van der Waals surface area contributed by atoms with Crippen LogP contribution in [-0.2, 0) is 9.59 Å². The molecule has 1 saturated carbocycles. The maximum absolute atomic E-state index is 13.5. The molecule has 1 aliphatic rings. The molecule has 3 N–H and O–H groups in total. The summed E-state index contributed by atoms with van der Waals surface area (Å²) in [5, 5.41) is 14.7. The molecule has 0 aliphatic heterocycles. The van der Waals surface area contributed by atoms with Crippen LogP contribution in [-0.4, -0.2) is 29.6 Å². The molecule has 1 aromatic rings. The Morgan fingerprint density at radius 3 is 2.68 bits per heavy atom. The van der Waals surface area contributed by atoms with E-state index in [1.807, 2.05) is 0 Å². The third-order valence-electron chi connectivity index (χ3n) is 3.78. The smallest absolute Gasteiger partial charge is 0.313 e. The first kappa shape index (κ1) is 16.7. The van der Waals surface area contributed by atoms with Gasteiger partial charge in [-0.3, -0.25) is 9.59 Å². The fraction of sp³-hybridized carbons (Fsp3) is 0.467. The summed E-state index contributed by atoms with van der Waals surface area (Å²) in [6, 6.07) is 3.75.